The van der Waals surface area contributed by atoms with E-state index in [1.165, 1.54) is 0 Å². The Morgan fingerprint density at radius 2 is 1.73 bits per heavy atom. The van der Waals surface area contributed by atoms with Gasteiger partial charge in [-0.05, 0) is 15.9 Å². The highest BCUT2D eigenvalue weighted by Gasteiger charge is 2.56. The minimum atomic E-state index is -3.89. The van der Waals surface area contributed by atoms with Gasteiger partial charge in [0.25, 0.3) is 5.13 Å². The van der Waals surface area contributed by atoms with Crippen molar-refractivity contribution in [2.75, 3.05) is 5.88 Å². The molecule has 0 aromatic rings. The van der Waals surface area contributed by atoms with Crippen LogP contribution in [0, 0.1) is 0 Å². The molecule has 0 amide bonds. The van der Waals surface area contributed by atoms with E-state index in [0.717, 1.165) is 0 Å². The van der Waals surface area contributed by atoms with E-state index >= 15 is 0 Å². The van der Waals surface area contributed by atoms with E-state index in [1.54, 1.807) is 15.9 Å². The molecule has 0 heterocycles. The van der Waals surface area contributed by atoms with E-state index in [0.29, 0.717) is 0 Å². The molecule has 2 atom stereocenters. The Bertz CT molecular complexity index is 135. The fourth-order valence-corrected chi connectivity index (χ4v) is 1.19. The van der Waals surface area contributed by atoms with Gasteiger partial charge in [0.1, 0.15) is 5.38 Å². The van der Waals surface area contributed by atoms with Crippen molar-refractivity contribution in [3.8, 4) is 0 Å². The summed E-state index contributed by atoms with van der Waals surface area (Å²) >= 11 is 16.7. The Balaban J connectivity index is 4.45. The molecule has 11 heavy (non-hydrogen) atoms. The van der Waals surface area contributed by atoms with Gasteiger partial charge < -0.3 is 0 Å². The van der Waals surface area contributed by atoms with E-state index in [4.69, 9.17) is 34.8 Å². The smallest absolute Gasteiger partial charge is 0.217 e. The van der Waals surface area contributed by atoms with Crippen LogP contribution in [-0.2, 0) is 0 Å². The Morgan fingerprint density at radius 1 is 1.36 bits per heavy atom. The van der Waals surface area contributed by atoms with Crippen LogP contribution >= 0.6 is 50.7 Å². The van der Waals surface area contributed by atoms with Crippen LogP contribution in [0.25, 0.3) is 0 Å². The first kappa shape index (κ1) is 12.1. The van der Waals surface area contributed by atoms with Crippen LogP contribution in [0.1, 0.15) is 0 Å². The van der Waals surface area contributed by atoms with E-state index in [1.807, 2.05) is 0 Å². The highest BCUT2D eigenvalue weighted by Crippen LogP contribution is 2.45. The monoisotopic (exact) mass is 292 g/mol. The molecule has 0 aliphatic rings. The molecule has 0 spiro atoms. The van der Waals surface area contributed by atoms with Crippen LogP contribution in [0.5, 0.6) is 0 Å². The number of hydrogen-bond acceptors (Lipinski definition) is 0. The van der Waals surface area contributed by atoms with Crippen LogP contribution in [-0.4, -0.2) is 21.2 Å². The molecule has 0 radical (unpaired) electrons. The largest absolute Gasteiger partial charge is 0.349 e. The Morgan fingerprint density at radius 3 is 1.82 bits per heavy atom. The van der Waals surface area contributed by atoms with Crippen molar-refractivity contribution in [1.82, 2.24) is 0 Å². The summed E-state index contributed by atoms with van der Waals surface area (Å²) in [4.78, 5) is -3.89. The first-order valence-corrected chi connectivity index (χ1v) is 4.52. The van der Waals surface area contributed by atoms with E-state index in [2.05, 4.69) is 0 Å². The highest BCUT2D eigenvalue weighted by atomic mass is 79.9. The van der Waals surface area contributed by atoms with Crippen molar-refractivity contribution >= 4 is 50.7 Å². The molecule has 0 bridgehead atoms. The Kier molecular flexibility index (Phi) is 4.30. The van der Waals surface area contributed by atoms with Gasteiger partial charge >= 0.3 is 4.83 Å². The summed E-state index contributed by atoms with van der Waals surface area (Å²) in [7, 11) is 0. The molecule has 0 nitrogen and oxygen atoms in total. The maximum Gasteiger partial charge on any atom is 0.349 e. The Hall–Kier alpha value is 1.14. The van der Waals surface area contributed by atoms with Gasteiger partial charge in [-0.1, -0.05) is 11.6 Å². The molecule has 7 heteroatoms. The number of alkyl halides is 7. The maximum atomic E-state index is 12.7. The second kappa shape index (κ2) is 3.90. The third kappa shape index (κ3) is 2.83. The minimum absolute atomic E-state index is 0.497. The zero-order valence-electron chi connectivity index (χ0n) is 4.93. The molecular weight excluding hydrogens is 291 g/mol. The number of rotatable bonds is 3. The second-order valence-corrected chi connectivity index (χ2v) is 4.12. The summed E-state index contributed by atoms with van der Waals surface area (Å²) in [5.74, 6) is -0.497. The lowest BCUT2D eigenvalue weighted by Crippen LogP contribution is -2.43. The van der Waals surface area contributed by atoms with Crippen molar-refractivity contribution in [2.24, 2.45) is 0 Å². The lowest BCUT2D eigenvalue weighted by molar-refractivity contribution is -0.00419. The van der Waals surface area contributed by atoms with Gasteiger partial charge in [-0.3, -0.25) is 0 Å². The van der Waals surface area contributed by atoms with Crippen LogP contribution in [0.15, 0.2) is 0 Å². The van der Waals surface area contributed by atoms with Crippen LogP contribution < -0.4 is 0 Å². The zero-order chi connectivity index (χ0) is 9.28. The van der Waals surface area contributed by atoms with Gasteiger partial charge in [0.2, 0.25) is 0 Å². The van der Waals surface area contributed by atoms with Gasteiger partial charge in [-0.15, -0.1) is 23.2 Å². The normalized spacial score (nSPS) is 21.0. The fourth-order valence-electron chi connectivity index (χ4n) is 0.274. The van der Waals surface area contributed by atoms with E-state index < -0.39 is 21.2 Å². The van der Waals surface area contributed by atoms with Gasteiger partial charge in [0, 0.05) is 5.88 Å². The van der Waals surface area contributed by atoms with Crippen molar-refractivity contribution in [3.63, 3.8) is 0 Å². The molecule has 0 aromatic carbocycles. The molecule has 2 unspecified atom stereocenters. The summed E-state index contributed by atoms with van der Waals surface area (Å²) in [6.45, 7) is 0. The first-order chi connectivity index (χ1) is 4.73. The average molecular weight is 294 g/mol. The third-order valence-electron chi connectivity index (χ3n) is 0.907. The molecule has 0 rings (SSSR count). The third-order valence-corrected chi connectivity index (χ3v) is 3.25. The summed E-state index contributed by atoms with van der Waals surface area (Å²) in [6, 6.07) is 0. The minimum Gasteiger partial charge on any atom is -0.217 e. The molecule has 0 aromatic heterocycles. The summed E-state index contributed by atoms with van der Waals surface area (Å²) in [6.07, 6.45) is 0. The maximum absolute atomic E-state index is 12.7. The average Bonchev–Trinajstić information content (AvgIpc) is 1.83. The van der Waals surface area contributed by atoms with Crippen molar-refractivity contribution in [3.05, 3.63) is 0 Å². The predicted octanol–water partition coefficient (Wildman–Crippen LogP) is 3.72. The summed E-state index contributed by atoms with van der Waals surface area (Å²) in [5.41, 5.74) is 0. The second-order valence-electron chi connectivity index (χ2n) is 1.74. The molecule has 0 aliphatic carbocycles. The van der Waals surface area contributed by atoms with Gasteiger partial charge in [-0.25, -0.2) is 4.39 Å². The standard InChI is InChI=1S/C4H3BrCl3F3/c5-4(10,11)3(8,9)2(7)1-6/h2H,1H2. The van der Waals surface area contributed by atoms with Crippen LogP contribution in [0.2, 0.25) is 0 Å². The molecule has 0 N–H and O–H groups in total. The molecule has 68 valence electrons. The van der Waals surface area contributed by atoms with Crippen molar-refractivity contribution in [1.29, 1.82) is 0 Å². The van der Waals surface area contributed by atoms with Crippen LogP contribution in [0.4, 0.5) is 13.2 Å². The van der Waals surface area contributed by atoms with Crippen molar-refractivity contribution in [2.45, 2.75) is 15.3 Å². The topological polar surface area (TPSA) is 0 Å². The quantitative estimate of drug-likeness (QED) is 0.696. The van der Waals surface area contributed by atoms with E-state index in [-0.39, 0.29) is 0 Å². The number of halogens is 7. The zero-order valence-corrected chi connectivity index (χ0v) is 8.78. The summed E-state index contributed by atoms with van der Waals surface area (Å²) < 4.78 is 37.2. The predicted molar refractivity (Wildman–Crippen MR) is 43.9 cm³/mol. The molecule has 0 saturated heterocycles. The molecule has 0 saturated carbocycles. The lowest BCUT2D eigenvalue weighted by Gasteiger charge is -2.25. The molecule has 0 fully saturated rings. The highest BCUT2D eigenvalue weighted by molar-refractivity contribution is 9.10. The van der Waals surface area contributed by atoms with Crippen molar-refractivity contribution < 1.29 is 13.2 Å². The van der Waals surface area contributed by atoms with Gasteiger partial charge in [0.15, 0.2) is 0 Å². The number of hydrogen-bond donors (Lipinski definition) is 0. The summed E-state index contributed by atoms with van der Waals surface area (Å²) in [5, 5.41) is -5.02. The first-order valence-electron chi connectivity index (χ1n) is 2.38. The molecular formula is C4H3BrCl3F3. The molecule has 0 aliphatic heterocycles. The van der Waals surface area contributed by atoms with E-state index in [9.17, 15) is 13.2 Å². The van der Waals surface area contributed by atoms with Crippen LogP contribution in [0.3, 0.4) is 0 Å². The fraction of sp³-hybridized carbons (Fsp3) is 1.00. The Labute approximate surface area is 85.1 Å². The van der Waals surface area contributed by atoms with Gasteiger partial charge in [-0.2, -0.15) is 8.78 Å². The lowest BCUT2D eigenvalue weighted by atomic mass is 10.3. The SMILES string of the molecule is FC(F)(Br)C(F)(Cl)C(Cl)CCl. The van der Waals surface area contributed by atoms with Gasteiger partial charge in [0.05, 0.1) is 0 Å².